The Balaban J connectivity index is 0.637. The molecular formula is C102H62N4O2. The standard InChI is InChI=1S/C102H62N4O2/c1-3-25-61(26-4-1)89-59-91(73-33-9-7-29-67(73)63-47-51-71-69-31-13-15-37-81(69)101(87(71)57-63)83-39-17-21-43-93(83)107-94-44-22-18-40-84(94)101)105-99(103-89)65-49-53-77-79(55-65)97-75-35-11-12-36-76(75)98(77)80-56-66(50-54-78(80)97)100-104-90(62-27-5-2-6-28-62)60-92(106-100)74-34-10-8-30-68(74)64-48-52-72-70-32-14-16-38-82(70)102(88(72)58-64)85-41-19-23-45-95(85)108-96-46-24-20-42-86(96)102/h1-60,97-98H. The number of benzene rings is 15. The van der Waals surface area contributed by atoms with Crippen molar-refractivity contribution < 1.29 is 9.47 Å². The van der Waals surface area contributed by atoms with Gasteiger partial charge in [-0.25, -0.2) is 19.9 Å². The molecule has 15 aromatic carbocycles. The molecule has 2 aliphatic heterocycles. The number of para-hydroxylation sites is 4. The van der Waals surface area contributed by atoms with Crippen molar-refractivity contribution >= 4 is 0 Å². The molecule has 0 amide bonds. The van der Waals surface area contributed by atoms with Crippen LogP contribution in [0.2, 0.25) is 0 Å². The van der Waals surface area contributed by atoms with Gasteiger partial charge in [0.25, 0.3) is 0 Å². The molecule has 2 unspecified atom stereocenters. The number of hydrogen-bond acceptors (Lipinski definition) is 6. The highest BCUT2D eigenvalue weighted by Gasteiger charge is 2.53. The Bertz CT molecular complexity index is 6180. The third-order valence-electron chi connectivity index (χ3n) is 23.9. The van der Waals surface area contributed by atoms with E-state index in [9.17, 15) is 0 Å². The van der Waals surface area contributed by atoms with Gasteiger partial charge in [0.1, 0.15) is 23.0 Å². The van der Waals surface area contributed by atoms with Crippen LogP contribution in [0.25, 0.3) is 112 Å². The SMILES string of the molecule is c1ccc(-c2cc(-c3ccccc3-c3ccc4c(c3)C3(c5ccccc5Oc5ccccc53)c3ccccc3-4)nc(-c3ccc4c(c3)C3c5ccccc5C4c4cc(-c5nc(-c6ccccc6)cc(-c6ccccc6-c6ccc7c(c6)C6(c8ccccc8Oc8ccccc86)c6ccccc6-7)n5)ccc43)n2)cc1. The molecule has 7 aliphatic rings. The molecule has 0 N–H and O–H groups in total. The Morgan fingerprint density at radius 3 is 0.880 bits per heavy atom. The summed E-state index contributed by atoms with van der Waals surface area (Å²) in [6.07, 6.45) is 0. The minimum absolute atomic E-state index is 0.0482. The fraction of sp³-hybridized carbons (Fsp3) is 0.0392. The van der Waals surface area contributed by atoms with Crippen LogP contribution < -0.4 is 9.47 Å². The lowest BCUT2D eigenvalue weighted by Crippen LogP contribution is -2.32. The summed E-state index contributed by atoms with van der Waals surface area (Å²) in [7, 11) is 0. The fourth-order valence-electron chi connectivity index (χ4n) is 19.4. The van der Waals surface area contributed by atoms with Gasteiger partial charge in [0.2, 0.25) is 0 Å². The minimum atomic E-state index is -0.610. The van der Waals surface area contributed by atoms with Crippen molar-refractivity contribution in [1.29, 1.82) is 0 Å². The zero-order chi connectivity index (χ0) is 70.8. The lowest BCUT2D eigenvalue weighted by molar-refractivity contribution is 0.436. The van der Waals surface area contributed by atoms with Crippen LogP contribution in [-0.4, -0.2) is 19.9 Å². The predicted molar refractivity (Wildman–Crippen MR) is 431 cm³/mol. The quantitative estimate of drug-likeness (QED) is 0.151. The summed E-state index contributed by atoms with van der Waals surface area (Å²) in [5.41, 5.74) is 34.7. The smallest absolute Gasteiger partial charge is 0.160 e. The molecule has 108 heavy (non-hydrogen) atoms. The van der Waals surface area contributed by atoms with Gasteiger partial charge >= 0.3 is 0 Å². The van der Waals surface area contributed by atoms with Crippen LogP contribution in [0.15, 0.2) is 364 Å². The molecule has 0 radical (unpaired) electrons. The molecule has 0 saturated heterocycles. The van der Waals surface area contributed by atoms with E-state index in [1.165, 1.54) is 77.9 Å². The summed E-state index contributed by atoms with van der Waals surface area (Å²) in [6.45, 7) is 0. The van der Waals surface area contributed by atoms with Crippen molar-refractivity contribution in [2.45, 2.75) is 22.7 Å². The van der Waals surface area contributed by atoms with E-state index in [0.717, 1.165) is 124 Å². The number of ether oxygens (including phenoxy) is 2. The Morgan fingerprint density at radius 2 is 0.481 bits per heavy atom. The first-order chi connectivity index (χ1) is 53.5. The minimum Gasteiger partial charge on any atom is -0.457 e. The second-order valence-corrected chi connectivity index (χ2v) is 29.2. The summed E-state index contributed by atoms with van der Waals surface area (Å²) in [5, 5.41) is 0. The van der Waals surface area contributed by atoms with E-state index in [0.29, 0.717) is 11.6 Å². The predicted octanol–water partition coefficient (Wildman–Crippen LogP) is 24.5. The Kier molecular flexibility index (Phi) is 13.0. The molecule has 2 bridgehead atoms. The van der Waals surface area contributed by atoms with Crippen molar-refractivity contribution in [3.8, 4) is 135 Å². The van der Waals surface area contributed by atoms with Gasteiger partial charge in [-0.15, -0.1) is 0 Å². The van der Waals surface area contributed by atoms with Gasteiger partial charge in [-0.1, -0.05) is 303 Å². The molecule has 502 valence electrons. The normalized spacial score (nSPS) is 15.1. The zero-order valence-corrected chi connectivity index (χ0v) is 58.4. The maximum Gasteiger partial charge on any atom is 0.160 e. The van der Waals surface area contributed by atoms with Gasteiger partial charge in [0.15, 0.2) is 11.6 Å². The van der Waals surface area contributed by atoms with Crippen LogP contribution in [0.4, 0.5) is 0 Å². The molecule has 6 heteroatoms. The fourth-order valence-corrected chi connectivity index (χ4v) is 19.4. The van der Waals surface area contributed by atoms with E-state index in [2.05, 4.69) is 364 Å². The van der Waals surface area contributed by atoms with Crippen LogP contribution in [0.5, 0.6) is 23.0 Å². The Morgan fingerprint density at radius 1 is 0.185 bits per heavy atom. The molecule has 6 nitrogen and oxygen atoms in total. The molecule has 4 heterocycles. The summed E-state index contributed by atoms with van der Waals surface area (Å²) in [5.74, 6) is 4.73. The van der Waals surface area contributed by atoms with E-state index < -0.39 is 10.8 Å². The van der Waals surface area contributed by atoms with Crippen molar-refractivity contribution in [2.24, 2.45) is 0 Å². The van der Waals surface area contributed by atoms with Crippen LogP contribution >= 0.6 is 0 Å². The van der Waals surface area contributed by atoms with Crippen LogP contribution in [0.1, 0.15) is 89.7 Å². The Labute approximate surface area is 625 Å². The molecule has 2 spiro atoms. The average molecular weight is 1380 g/mol. The van der Waals surface area contributed by atoms with E-state index in [4.69, 9.17) is 29.4 Å². The van der Waals surface area contributed by atoms with Gasteiger partial charge in [0, 0.05) is 67.5 Å². The summed E-state index contributed by atoms with van der Waals surface area (Å²) >= 11 is 0. The number of rotatable bonds is 8. The topological polar surface area (TPSA) is 70.0 Å². The molecule has 0 fully saturated rings. The van der Waals surface area contributed by atoms with Crippen LogP contribution in [-0.2, 0) is 10.8 Å². The molecule has 2 aromatic heterocycles. The Hall–Kier alpha value is -13.9. The third kappa shape index (κ3) is 8.65. The highest BCUT2D eigenvalue weighted by atomic mass is 16.5. The van der Waals surface area contributed by atoms with Gasteiger partial charge < -0.3 is 9.47 Å². The highest BCUT2D eigenvalue weighted by Crippen LogP contribution is 2.65. The molecule has 0 saturated carbocycles. The monoisotopic (exact) mass is 1370 g/mol. The first-order valence-electron chi connectivity index (χ1n) is 37.2. The number of fused-ring (bicyclic) bond motifs is 18. The van der Waals surface area contributed by atoms with Crippen LogP contribution in [0.3, 0.4) is 0 Å². The largest absolute Gasteiger partial charge is 0.457 e. The average Bonchev–Trinajstić information content (AvgIpc) is 1.43. The molecule has 5 aliphatic carbocycles. The number of nitrogens with zero attached hydrogens (tertiary/aromatic N) is 4. The lowest BCUT2D eigenvalue weighted by atomic mass is 9.61. The molecule has 24 rings (SSSR count). The van der Waals surface area contributed by atoms with E-state index in [-0.39, 0.29) is 11.8 Å². The summed E-state index contributed by atoms with van der Waals surface area (Å²) in [6, 6.07) is 132. The second-order valence-electron chi connectivity index (χ2n) is 29.2. The van der Waals surface area contributed by atoms with E-state index in [1.54, 1.807) is 0 Å². The lowest BCUT2D eigenvalue weighted by Gasteiger charge is -2.42. The van der Waals surface area contributed by atoms with E-state index >= 15 is 0 Å². The zero-order valence-electron chi connectivity index (χ0n) is 58.4. The first-order valence-corrected chi connectivity index (χ1v) is 37.2. The van der Waals surface area contributed by atoms with Crippen molar-refractivity contribution in [1.82, 2.24) is 19.9 Å². The van der Waals surface area contributed by atoms with Gasteiger partial charge in [-0.3, -0.25) is 0 Å². The van der Waals surface area contributed by atoms with Gasteiger partial charge in [-0.2, -0.15) is 0 Å². The van der Waals surface area contributed by atoms with Crippen molar-refractivity contribution in [3.05, 3.63) is 442 Å². The maximum absolute atomic E-state index is 6.74. The maximum atomic E-state index is 6.74. The van der Waals surface area contributed by atoms with Crippen molar-refractivity contribution in [2.75, 3.05) is 0 Å². The highest BCUT2D eigenvalue weighted by molar-refractivity contribution is 5.95. The molecule has 2 atom stereocenters. The second kappa shape index (κ2) is 23.3. The van der Waals surface area contributed by atoms with Crippen LogP contribution in [0, 0.1) is 0 Å². The number of hydrogen-bond donors (Lipinski definition) is 0. The number of aromatic nitrogens is 4. The first kappa shape index (κ1) is 60.5. The third-order valence-corrected chi connectivity index (χ3v) is 23.9. The molecular weight excluding hydrogens is 1310 g/mol. The summed E-state index contributed by atoms with van der Waals surface area (Å²) < 4.78 is 13.5. The molecule has 17 aromatic rings. The van der Waals surface area contributed by atoms with E-state index in [1.807, 2.05) is 0 Å². The van der Waals surface area contributed by atoms with Gasteiger partial charge in [0.05, 0.1) is 33.6 Å². The summed E-state index contributed by atoms with van der Waals surface area (Å²) in [4.78, 5) is 22.4. The van der Waals surface area contributed by atoms with Gasteiger partial charge in [-0.05, 0) is 161 Å². The van der Waals surface area contributed by atoms with Crippen molar-refractivity contribution in [3.63, 3.8) is 0 Å².